The summed E-state index contributed by atoms with van der Waals surface area (Å²) in [5.74, 6) is -2.13. The Labute approximate surface area is 137 Å². The highest BCUT2D eigenvalue weighted by Gasteiger charge is 2.13. The average molecular weight is 333 g/mol. The van der Waals surface area contributed by atoms with Crippen LogP contribution in [0.15, 0.2) is 42.6 Å². The van der Waals surface area contributed by atoms with Crippen LogP contribution in [0.3, 0.4) is 0 Å². The van der Waals surface area contributed by atoms with Crippen LogP contribution in [0, 0.1) is 5.82 Å². The molecule has 0 fully saturated rings. The van der Waals surface area contributed by atoms with Gasteiger partial charge in [-0.3, -0.25) is 9.59 Å². The number of carbonyl (C=O) groups is 3. The van der Waals surface area contributed by atoms with Gasteiger partial charge in [-0.05, 0) is 36.4 Å². The lowest BCUT2D eigenvalue weighted by atomic mass is 10.3. The number of halogens is 1. The number of rotatable bonds is 6. The summed E-state index contributed by atoms with van der Waals surface area (Å²) in [6.07, 6.45) is 1.68. The number of benzene rings is 1. The first-order chi connectivity index (χ1) is 11.5. The van der Waals surface area contributed by atoms with Crippen LogP contribution in [0.1, 0.15) is 10.5 Å². The Hall–Kier alpha value is -3.16. The van der Waals surface area contributed by atoms with Crippen molar-refractivity contribution in [1.82, 2.24) is 9.88 Å². The number of carbonyl (C=O) groups excluding carboxylic acids is 3. The highest BCUT2D eigenvalue weighted by molar-refractivity contribution is 5.95. The van der Waals surface area contributed by atoms with Crippen molar-refractivity contribution in [2.75, 3.05) is 18.5 Å². The molecule has 0 aliphatic heterocycles. The van der Waals surface area contributed by atoms with Crippen LogP contribution < -0.4 is 10.6 Å². The van der Waals surface area contributed by atoms with Crippen LogP contribution in [-0.2, 0) is 21.4 Å². The van der Waals surface area contributed by atoms with Gasteiger partial charge >= 0.3 is 5.97 Å². The van der Waals surface area contributed by atoms with E-state index in [-0.39, 0.29) is 6.54 Å². The maximum absolute atomic E-state index is 12.7. The van der Waals surface area contributed by atoms with Gasteiger partial charge in [0, 0.05) is 18.9 Å². The fourth-order valence-corrected chi connectivity index (χ4v) is 1.85. The summed E-state index contributed by atoms with van der Waals surface area (Å²) in [5, 5.41) is 4.81. The second kappa shape index (κ2) is 7.91. The highest BCUT2D eigenvalue weighted by Crippen LogP contribution is 2.07. The molecule has 1 aromatic heterocycles. The fourth-order valence-electron chi connectivity index (χ4n) is 1.85. The number of nitrogens with zero attached hydrogens (tertiary/aromatic N) is 1. The number of nitrogens with one attached hydrogen (secondary N) is 2. The van der Waals surface area contributed by atoms with Gasteiger partial charge in [-0.1, -0.05) is 0 Å². The maximum atomic E-state index is 12.7. The molecule has 0 saturated heterocycles. The summed E-state index contributed by atoms with van der Waals surface area (Å²) in [6, 6.07) is 8.45. The van der Waals surface area contributed by atoms with Crippen molar-refractivity contribution in [1.29, 1.82) is 0 Å². The van der Waals surface area contributed by atoms with E-state index in [1.165, 1.54) is 24.3 Å². The van der Waals surface area contributed by atoms with Crippen molar-refractivity contribution in [3.63, 3.8) is 0 Å². The van der Waals surface area contributed by atoms with Gasteiger partial charge in [0.25, 0.3) is 5.91 Å². The zero-order valence-electron chi connectivity index (χ0n) is 12.9. The van der Waals surface area contributed by atoms with E-state index in [4.69, 9.17) is 4.74 Å². The van der Waals surface area contributed by atoms with Crippen LogP contribution >= 0.6 is 0 Å². The van der Waals surface area contributed by atoms with Gasteiger partial charge in [-0.15, -0.1) is 0 Å². The van der Waals surface area contributed by atoms with E-state index in [1.807, 2.05) is 0 Å². The molecule has 0 spiro atoms. The number of hydrogen-bond acceptors (Lipinski definition) is 4. The maximum Gasteiger partial charge on any atom is 0.355 e. The number of ether oxygens (including phenoxy) is 1. The molecule has 7 nitrogen and oxygen atoms in total. The van der Waals surface area contributed by atoms with Crippen LogP contribution in [0.4, 0.5) is 10.1 Å². The predicted octanol–water partition coefficient (Wildman–Crippen LogP) is 1.08. The molecule has 2 rings (SSSR count). The predicted molar refractivity (Wildman–Crippen MR) is 83.7 cm³/mol. The van der Waals surface area contributed by atoms with Crippen LogP contribution in [0.2, 0.25) is 0 Å². The number of aromatic nitrogens is 1. The second-order valence-electron chi connectivity index (χ2n) is 4.91. The lowest BCUT2D eigenvalue weighted by molar-refractivity contribution is -0.126. The van der Waals surface area contributed by atoms with Gasteiger partial charge in [0.15, 0.2) is 6.61 Å². The molecule has 0 atom stereocenters. The van der Waals surface area contributed by atoms with Gasteiger partial charge in [-0.25, -0.2) is 9.18 Å². The van der Waals surface area contributed by atoms with Crippen LogP contribution in [0.5, 0.6) is 0 Å². The number of aryl methyl sites for hydroxylation is 1. The molecule has 2 amide bonds. The minimum absolute atomic E-state index is 0.294. The first-order valence-electron chi connectivity index (χ1n) is 7.06. The lowest BCUT2D eigenvalue weighted by Crippen LogP contribution is -2.35. The quantitative estimate of drug-likeness (QED) is 0.774. The minimum atomic E-state index is -0.631. The monoisotopic (exact) mass is 333 g/mol. The summed E-state index contributed by atoms with van der Waals surface area (Å²) in [4.78, 5) is 34.9. The molecule has 2 N–H and O–H groups in total. The van der Waals surface area contributed by atoms with Crippen LogP contribution in [-0.4, -0.2) is 35.5 Å². The van der Waals surface area contributed by atoms with E-state index in [1.54, 1.807) is 29.9 Å². The zero-order chi connectivity index (χ0) is 17.5. The Morgan fingerprint density at radius 3 is 2.46 bits per heavy atom. The summed E-state index contributed by atoms with van der Waals surface area (Å²) in [6.45, 7) is -0.786. The van der Waals surface area contributed by atoms with Gasteiger partial charge < -0.3 is 19.9 Å². The number of esters is 1. The molecule has 0 saturated carbocycles. The van der Waals surface area contributed by atoms with E-state index in [2.05, 4.69) is 10.6 Å². The Kier molecular flexibility index (Phi) is 5.67. The van der Waals surface area contributed by atoms with Crippen molar-refractivity contribution in [3.05, 3.63) is 54.1 Å². The third-order valence-corrected chi connectivity index (χ3v) is 3.06. The Morgan fingerprint density at radius 2 is 1.83 bits per heavy atom. The molecule has 0 radical (unpaired) electrons. The first-order valence-corrected chi connectivity index (χ1v) is 7.06. The number of hydrogen-bond donors (Lipinski definition) is 2. The molecule has 0 aliphatic rings. The van der Waals surface area contributed by atoms with E-state index in [9.17, 15) is 18.8 Å². The van der Waals surface area contributed by atoms with E-state index < -0.39 is 30.2 Å². The van der Waals surface area contributed by atoms with Gasteiger partial charge in [0.05, 0.1) is 6.54 Å². The topological polar surface area (TPSA) is 89.4 Å². The molecule has 0 aliphatic carbocycles. The molecule has 24 heavy (non-hydrogen) atoms. The van der Waals surface area contributed by atoms with E-state index >= 15 is 0 Å². The van der Waals surface area contributed by atoms with Gasteiger partial charge in [-0.2, -0.15) is 0 Å². The molecule has 8 heteroatoms. The first kappa shape index (κ1) is 17.2. The van der Waals surface area contributed by atoms with E-state index in [0.717, 1.165) is 0 Å². The standard InChI is InChI=1S/C16H16FN3O4/c1-20-8-2-3-13(20)16(23)24-10-15(22)18-9-14(21)19-12-6-4-11(17)5-7-12/h2-8H,9-10H2,1H3,(H,18,22)(H,19,21). The van der Waals surface area contributed by atoms with Crippen molar-refractivity contribution in [2.45, 2.75) is 0 Å². The van der Waals surface area contributed by atoms with Crippen molar-refractivity contribution in [3.8, 4) is 0 Å². The molecule has 1 heterocycles. The summed E-state index contributed by atoms with van der Waals surface area (Å²) in [5.41, 5.74) is 0.725. The minimum Gasteiger partial charge on any atom is -0.451 e. The van der Waals surface area contributed by atoms with Crippen molar-refractivity contribution < 1.29 is 23.5 Å². The molecular weight excluding hydrogens is 317 g/mol. The third-order valence-electron chi connectivity index (χ3n) is 3.06. The Morgan fingerprint density at radius 1 is 1.12 bits per heavy atom. The Balaban J connectivity index is 1.71. The molecule has 0 bridgehead atoms. The normalized spacial score (nSPS) is 10.1. The number of anilines is 1. The van der Waals surface area contributed by atoms with E-state index in [0.29, 0.717) is 11.4 Å². The van der Waals surface area contributed by atoms with Gasteiger partial charge in [0.2, 0.25) is 5.91 Å². The molecule has 1 aromatic carbocycles. The fraction of sp³-hybridized carbons (Fsp3) is 0.188. The average Bonchev–Trinajstić information content (AvgIpc) is 2.99. The zero-order valence-corrected chi connectivity index (χ0v) is 12.9. The molecule has 0 unspecified atom stereocenters. The largest absolute Gasteiger partial charge is 0.451 e. The Bertz CT molecular complexity index is 740. The van der Waals surface area contributed by atoms with Crippen molar-refractivity contribution in [2.24, 2.45) is 7.05 Å². The number of amides is 2. The molecule has 2 aromatic rings. The third kappa shape index (κ3) is 4.94. The van der Waals surface area contributed by atoms with Crippen LogP contribution in [0.25, 0.3) is 0 Å². The lowest BCUT2D eigenvalue weighted by Gasteiger charge is -2.08. The highest BCUT2D eigenvalue weighted by atomic mass is 19.1. The molecule has 126 valence electrons. The van der Waals surface area contributed by atoms with Crippen molar-refractivity contribution >= 4 is 23.5 Å². The smallest absolute Gasteiger partial charge is 0.355 e. The van der Waals surface area contributed by atoms with Gasteiger partial charge in [0.1, 0.15) is 11.5 Å². The SMILES string of the molecule is Cn1cccc1C(=O)OCC(=O)NCC(=O)Nc1ccc(F)cc1. The molecular formula is C16H16FN3O4. The second-order valence-corrected chi connectivity index (χ2v) is 4.91. The summed E-state index contributed by atoms with van der Waals surface area (Å²) >= 11 is 0. The summed E-state index contributed by atoms with van der Waals surface area (Å²) < 4.78 is 19.2. The summed E-state index contributed by atoms with van der Waals surface area (Å²) in [7, 11) is 1.68.